The van der Waals surface area contributed by atoms with Gasteiger partial charge in [0.05, 0.1) is 20.8 Å². The van der Waals surface area contributed by atoms with Crippen LogP contribution >= 0.6 is 0 Å². The lowest BCUT2D eigenvalue weighted by Crippen LogP contribution is -2.31. The molecule has 6 nitrogen and oxygen atoms in total. The number of ether oxygens (including phenoxy) is 2. The number of hydrogen-bond acceptors (Lipinski definition) is 5. The lowest BCUT2D eigenvalue weighted by Gasteiger charge is -2.11. The number of hydrogen-bond donors (Lipinski definition) is 2. The van der Waals surface area contributed by atoms with Crippen LogP contribution in [0.4, 0.5) is 5.69 Å². The van der Waals surface area contributed by atoms with E-state index in [-0.39, 0.29) is 18.2 Å². The van der Waals surface area contributed by atoms with E-state index in [0.717, 1.165) is 11.3 Å². The fourth-order valence-corrected chi connectivity index (χ4v) is 2.48. The molecule has 1 amide bonds. The van der Waals surface area contributed by atoms with Crippen LogP contribution in [0.2, 0.25) is 0 Å². The van der Waals surface area contributed by atoms with E-state index >= 15 is 0 Å². The van der Waals surface area contributed by atoms with Crippen LogP contribution in [0.5, 0.6) is 11.5 Å². The topological polar surface area (TPSA) is 76.7 Å². The lowest BCUT2D eigenvalue weighted by atomic mass is 10.1. The molecule has 0 aromatic heterocycles. The van der Waals surface area contributed by atoms with Gasteiger partial charge in [-0.05, 0) is 43.2 Å². The number of rotatable bonds is 9. The predicted molar refractivity (Wildman–Crippen MR) is 101 cm³/mol. The van der Waals surface area contributed by atoms with Crippen molar-refractivity contribution in [1.82, 2.24) is 5.32 Å². The first kappa shape index (κ1) is 19.3. The van der Waals surface area contributed by atoms with Gasteiger partial charge in [-0.1, -0.05) is 18.2 Å². The quantitative estimate of drug-likeness (QED) is 0.676. The summed E-state index contributed by atoms with van der Waals surface area (Å²) in [4.78, 5) is 23.3. The molecule has 0 bridgehead atoms. The van der Waals surface area contributed by atoms with E-state index in [2.05, 4.69) is 10.6 Å². The Hall–Kier alpha value is -3.02. The number of benzene rings is 2. The standard InChI is InChI=1S/C20H24N2O4/c1-14(23)16-5-4-6-17(12-16)22-13-20(24)21-10-9-15-7-8-18(25-2)19(11-15)26-3/h4-8,11-12,22H,9-10,13H2,1-3H3,(H,21,24). The molecule has 0 saturated heterocycles. The maximum atomic E-state index is 12.0. The number of anilines is 1. The Morgan fingerprint density at radius 2 is 1.77 bits per heavy atom. The fourth-order valence-electron chi connectivity index (χ4n) is 2.48. The van der Waals surface area contributed by atoms with E-state index in [1.165, 1.54) is 6.92 Å². The van der Waals surface area contributed by atoms with E-state index in [9.17, 15) is 9.59 Å². The van der Waals surface area contributed by atoms with Crippen molar-refractivity contribution >= 4 is 17.4 Å². The van der Waals surface area contributed by atoms with Crippen molar-refractivity contribution in [3.05, 3.63) is 53.6 Å². The number of amides is 1. The van der Waals surface area contributed by atoms with Crippen LogP contribution < -0.4 is 20.1 Å². The average molecular weight is 356 g/mol. The molecule has 2 N–H and O–H groups in total. The molecule has 6 heteroatoms. The van der Waals surface area contributed by atoms with E-state index in [4.69, 9.17) is 9.47 Å². The van der Waals surface area contributed by atoms with Gasteiger partial charge in [0, 0.05) is 17.8 Å². The van der Waals surface area contributed by atoms with Crippen LogP contribution in [-0.4, -0.2) is 39.0 Å². The molecular formula is C20H24N2O4. The smallest absolute Gasteiger partial charge is 0.239 e. The highest BCUT2D eigenvalue weighted by atomic mass is 16.5. The zero-order valence-corrected chi connectivity index (χ0v) is 15.3. The highest BCUT2D eigenvalue weighted by Crippen LogP contribution is 2.27. The second kappa shape index (κ2) is 9.46. The summed E-state index contributed by atoms with van der Waals surface area (Å²) in [5, 5.41) is 5.89. The maximum Gasteiger partial charge on any atom is 0.239 e. The molecule has 0 heterocycles. The van der Waals surface area contributed by atoms with E-state index in [1.807, 2.05) is 24.3 Å². The molecule has 2 aromatic carbocycles. The number of Topliss-reactive ketones (excluding diaryl/α,β-unsaturated/α-hetero) is 1. The second-order valence-electron chi connectivity index (χ2n) is 5.78. The van der Waals surface area contributed by atoms with Crippen LogP contribution in [0.15, 0.2) is 42.5 Å². The molecule has 0 aliphatic heterocycles. The van der Waals surface area contributed by atoms with E-state index in [1.54, 1.807) is 32.4 Å². The second-order valence-corrected chi connectivity index (χ2v) is 5.78. The summed E-state index contributed by atoms with van der Waals surface area (Å²) in [5.41, 5.74) is 2.40. The SMILES string of the molecule is COc1ccc(CCNC(=O)CNc2cccc(C(C)=O)c2)cc1OC. The van der Waals surface area contributed by atoms with Gasteiger partial charge in [-0.25, -0.2) is 0 Å². The largest absolute Gasteiger partial charge is 0.493 e. The molecule has 2 rings (SSSR count). The Balaban J connectivity index is 1.79. The number of nitrogens with one attached hydrogen (secondary N) is 2. The highest BCUT2D eigenvalue weighted by Gasteiger charge is 2.06. The van der Waals surface area contributed by atoms with Crippen LogP contribution in [0.1, 0.15) is 22.8 Å². The van der Waals surface area contributed by atoms with Crippen LogP contribution in [0.25, 0.3) is 0 Å². The first-order valence-electron chi connectivity index (χ1n) is 8.36. The van der Waals surface area contributed by atoms with Crippen LogP contribution in [-0.2, 0) is 11.2 Å². The molecule has 138 valence electrons. The summed E-state index contributed by atoms with van der Waals surface area (Å²) < 4.78 is 10.5. The molecular weight excluding hydrogens is 332 g/mol. The maximum absolute atomic E-state index is 12.0. The first-order valence-corrected chi connectivity index (χ1v) is 8.36. The molecule has 0 radical (unpaired) electrons. The van der Waals surface area contributed by atoms with Crippen LogP contribution in [0.3, 0.4) is 0 Å². The molecule has 0 unspecified atom stereocenters. The predicted octanol–water partition coefficient (Wildman–Crippen LogP) is 2.68. The Morgan fingerprint density at radius 3 is 2.46 bits per heavy atom. The number of ketones is 1. The van der Waals surface area contributed by atoms with Crippen molar-refractivity contribution < 1.29 is 19.1 Å². The number of carbonyl (C=O) groups excluding carboxylic acids is 2. The van der Waals surface area contributed by atoms with Gasteiger partial charge < -0.3 is 20.1 Å². The number of carbonyl (C=O) groups is 2. The third kappa shape index (κ3) is 5.51. The molecule has 0 atom stereocenters. The van der Waals surface area contributed by atoms with Crippen molar-refractivity contribution in [1.29, 1.82) is 0 Å². The van der Waals surface area contributed by atoms with Crippen molar-refractivity contribution in [3.63, 3.8) is 0 Å². The summed E-state index contributed by atoms with van der Waals surface area (Å²) in [6, 6.07) is 12.8. The minimum absolute atomic E-state index is 0.00646. The van der Waals surface area contributed by atoms with Gasteiger partial charge >= 0.3 is 0 Å². The van der Waals surface area contributed by atoms with Crippen LogP contribution in [0, 0.1) is 0 Å². The minimum atomic E-state index is -0.112. The zero-order valence-electron chi connectivity index (χ0n) is 15.3. The monoisotopic (exact) mass is 356 g/mol. The van der Waals surface area contributed by atoms with Gasteiger partial charge in [-0.15, -0.1) is 0 Å². The normalized spacial score (nSPS) is 10.1. The molecule has 0 aliphatic rings. The van der Waals surface area contributed by atoms with Gasteiger partial charge in [0.1, 0.15) is 0 Å². The van der Waals surface area contributed by atoms with E-state index < -0.39 is 0 Å². The Labute approximate surface area is 153 Å². The summed E-state index contributed by atoms with van der Waals surface area (Å²) >= 11 is 0. The van der Waals surface area contributed by atoms with Gasteiger partial charge in [0.25, 0.3) is 0 Å². The lowest BCUT2D eigenvalue weighted by molar-refractivity contribution is -0.119. The van der Waals surface area contributed by atoms with Gasteiger partial charge in [0.15, 0.2) is 17.3 Å². The third-order valence-electron chi connectivity index (χ3n) is 3.91. The van der Waals surface area contributed by atoms with Crippen molar-refractivity contribution in [2.24, 2.45) is 0 Å². The van der Waals surface area contributed by atoms with Crippen molar-refractivity contribution in [3.8, 4) is 11.5 Å². The molecule has 26 heavy (non-hydrogen) atoms. The molecule has 0 aliphatic carbocycles. The Kier molecular flexibility index (Phi) is 7.02. The Bertz CT molecular complexity index is 774. The fraction of sp³-hybridized carbons (Fsp3) is 0.300. The van der Waals surface area contributed by atoms with Gasteiger partial charge in [-0.3, -0.25) is 9.59 Å². The van der Waals surface area contributed by atoms with E-state index in [0.29, 0.717) is 30.0 Å². The molecule has 0 spiro atoms. The van der Waals surface area contributed by atoms with Gasteiger partial charge in [0.2, 0.25) is 5.91 Å². The van der Waals surface area contributed by atoms with Crippen molar-refractivity contribution in [2.45, 2.75) is 13.3 Å². The number of methoxy groups -OCH3 is 2. The summed E-state index contributed by atoms with van der Waals surface area (Å²) in [5.74, 6) is 1.23. The minimum Gasteiger partial charge on any atom is -0.493 e. The molecule has 2 aromatic rings. The van der Waals surface area contributed by atoms with Gasteiger partial charge in [-0.2, -0.15) is 0 Å². The Morgan fingerprint density at radius 1 is 1.00 bits per heavy atom. The average Bonchev–Trinajstić information content (AvgIpc) is 2.66. The highest BCUT2D eigenvalue weighted by molar-refractivity contribution is 5.95. The zero-order chi connectivity index (χ0) is 18.9. The van der Waals surface area contributed by atoms with Crippen molar-refractivity contribution in [2.75, 3.05) is 32.6 Å². The molecule has 0 saturated carbocycles. The molecule has 0 fully saturated rings. The summed E-state index contributed by atoms with van der Waals surface area (Å²) in [7, 11) is 3.19. The summed E-state index contributed by atoms with van der Waals surface area (Å²) in [6.45, 7) is 2.18. The first-order chi connectivity index (χ1) is 12.5. The summed E-state index contributed by atoms with van der Waals surface area (Å²) in [6.07, 6.45) is 0.686. The third-order valence-corrected chi connectivity index (χ3v) is 3.91.